The van der Waals surface area contributed by atoms with Gasteiger partial charge in [0.15, 0.2) is 6.29 Å². The number of hydrogen-bond donors (Lipinski definition) is 1. The van der Waals surface area contributed by atoms with Gasteiger partial charge >= 0.3 is 0 Å². The van der Waals surface area contributed by atoms with Crippen LogP contribution < -0.4 is 4.74 Å². The van der Waals surface area contributed by atoms with E-state index in [1.807, 2.05) is 18.2 Å². The summed E-state index contributed by atoms with van der Waals surface area (Å²) in [5.74, 6) is 0.731. The van der Waals surface area contributed by atoms with Crippen molar-refractivity contribution in [3.63, 3.8) is 0 Å². The molecule has 0 aliphatic carbocycles. The third-order valence-corrected chi connectivity index (χ3v) is 2.74. The van der Waals surface area contributed by atoms with Gasteiger partial charge in [0.1, 0.15) is 5.75 Å². The van der Waals surface area contributed by atoms with Crippen molar-refractivity contribution in [2.75, 3.05) is 7.11 Å². The highest BCUT2D eigenvalue weighted by Crippen LogP contribution is 2.31. The molecule has 4 nitrogen and oxygen atoms in total. The van der Waals surface area contributed by atoms with Gasteiger partial charge in [-0.15, -0.1) is 0 Å². The molecule has 0 fully saturated rings. The maximum Gasteiger partial charge on any atom is 0.153 e. The normalized spacial score (nSPS) is 10.2. The summed E-state index contributed by atoms with van der Waals surface area (Å²) in [6.45, 7) is 2.08. The fraction of sp³-hybridized carbons (Fsp3) is 0.231. The molecule has 1 N–H and O–H groups in total. The molecule has 2 rings (SSSR count). The maximum atomic E-state index is 10.9. The van der Waals surface area contributed by atoms with Crippen molar-refractivity contribution in [3.05, 3.63) is 35.5 Å². The lowest BCUT2D eigenvalue weighted by Crippen LogP contribution is -1.92. The number of aldehydes is 1. The molecule has 0 saturated heterocycles. The molecule has 0 bridgehead atoms. The van der Waals surface area contributed by atoms with Gasteiger partial charge in [-0.2, -0.15) is 5.10 Å². The van der Waals surface area contributed by atoms with E-state index in [-0.39, 0.29) is 0 Å². The summed E-state index contributed by atoms with van der Waals surface area (Å²) in [6, 6.07) is 5.93. The predicted molar refractivity (Wildman–Crippen MR) is 65.3 cm³/mol. The van der Waals surface area contributed by atoms with Crippen LogP contribution in [0.1, 0.15) is 22.8 Å². The van der Waals surface area contributed by atoms with Gasteiger partial charge in [-0.05, 0) is 24.1 Å². The zero-order valence-corrected chi connectivity index (χ0v) is 9.86. The van der Waals surface area contributed by atoms with E-state index in [2.05, 4.69) is 17.1 Å². The lowest BCUT2D eigenvalue weighted by atomic mass is 10.0. The predicted octanol–water partition coefficient (Wildman–Crippen LogP) is 2.46. The average molecular weight is 230 g/mol. The number of rotatable bonds is 4. The third kappa shape index (κ3) is 2.06. The Morgan fingerprint density at radius 1 is 1.47 bits per heavy atom. The summed E-state index contributed by atoms with van der Waals surface area (Å²) < 4.78 is 5.30. The van der Waals surface area contributed by atoms with Crippen molar-refractivity contribution in [3.8, 4) is 17.0 Å². The molecule has 0 saturated carbocycles. The molecule has 0 amide bonds. The first-order valence-electron chi connectivity index (χ1n) is 5.46. The lowest BCUT2D eigenvalue weighted by molar-refractivity contribution is 0.112. The first-order chi connectivity index (χ1) is 8.30. The van der Waals surface area contributed by atoms with Gasteiger partial charge in [-0.25, -0.2) is 0 Å². The summed E-state index contributed by atoms with van der Waals surface area (Å²) in [4.78, 5) is 10.9. The van der Waals surface area contributed by atoms with Crippen LogP contribution in [0.5, 0.6) is 5.75 Å². The topological polar surface area (TPSA) is 55.0 Å². The molecule has 1 aromatic carbocycles. The van der Waals surface area contributed by atoms with Crippen molar-refractivity contribution in [2.45, 2.75) is 13.3 Å². The van der Waals surface area contributed by atoms with Gasteiger partial charge in [0, 0.05) is 5.56 Å². The average Bonchev–Trinajstić information content (AvgIpc) is 2.86. The minimum absolute atomic E-state index is 0.538. The molecule has 2 aromatic rings. The molecule has 0 unspecified atom stereocenters. The second-order valence-corrected chi connectivity index (χ2v) is 3.71. The number of hydrogen-bond acceptors (Lipinski definition) is 3. The molecule has 0 aliphatic heterocycles. The van der Waals surface area contributed by atoms with E-state index in [0.717, 1.165) is 24.0 Å². The van der Waals surface area contributed by atoms with Crippen LogP contribution in [0.25, 0.3) is 11.3 Å². The van der Waals surface area contributed by atoms with Crippen LogP contribution in [0.4, 0.5) is 0 Å². The maximum absolute atomic E-state index is 10.9. The molecule has 0 spiro atoms. The minimum atomic E-state index is 0.538. The van der Waals surface area contributed by atoms with E-state index in [9.17, 15) is 4.79 Å². The van der Waals surface area contributed by atoms with Crippen LogP contribution in [-0.2, 0) is 6.42 Å². The summed E-state index contributed by atoms with van der Waals surface area (Å²) in [7, 11) is 1.61. The fourth-order valence-corrected chi connectivity index (χ4v) is 1.77. The molecule has 4 heteroatoms. The van der Waals surface area contributed by atoms with Crippen molar-refractivity contribution in [2.24, 2.45) is 0 Å². The molecule has 17 heavy (non-hydrogen) atoms. The number of aromatic nitrogens is 2. The summed E-state index contributed by atoms with van der Waals surface area (Å²) in [6.07, 6.45) is 3.23. The second-order valence-electron chi connectivity index (χ2n) is 3.71. The molecule has 88 valence electrons. The largest absolute Gasteiger partial charge is 0.496 e. The Hall–Kier alpha value is -2.10. The van der Waals surface area contributed by atoms with Crippen LogP contribution in [0.3, 0.4) is 0 Å². The van der Waals surface area contributed by atoms with E-state index in [1.54, 1.807) is 7.11 Å². The van der Waals surface area contributed by atoms with Crippen molar-refractivity contribution >= 4 is 6.29 Å². The Morgan fingerprint density at radius 3 is 2.94 bits per heavy atom. The molecule has 1 heterocycles. The highest BCUT2D eigenvalue weighted by molar-refractivity contribution is 5.87. The van der Waals surface area contributed by atoms with Crippen LogP contribution >= 0.6 is 0 Å². The standard InChI is InChI=1S/C13H14N2O2/c1-3-9-4-5-12(17-2)11(6-9)13-10(8-16)7-14-15-13/h4-8H,3H2,1-2H3,(H,14,15). The summed E-state index contributed by atoms with van der Waals surface area (Å²) in [5.41, 5.74) is 3.29. The van der Waals surface area contributed by atoms with Gasteiger partial charge < -0.3 is 4.74 Å². The molecular formula is C13H14N2O2. The van der Waals surface area contributed by atoms with Gasteiger partial charge in [0.2, 0.25) is 0 Å². The number of H-pyrrole nitrogens is 1. The van der Waals surface area contributed by atoms with E-state index in [0.29, 0.717) is 11.3 Å². The Balaban J connectivity index is 2.59. The van der Waals surface area contributed by atoms with Crippen molar-refractivity contribution in [1.82, 2.24) is 10.2 Å². The summed E-state index contributed by atoms with van der Waals surface area (Å²) in [5, 5.41) is 6.73. The first kappa shape index (κ1) is 11.4. The van der Waals surface area contributed by atoms with Gasteiger partial charge in [-0.3, -0.25) is 9.89 Å². The number of benzene rings is 1. The number of nitrogens with zero attached hydrogens (tertiary/aromatic N) is 1. The quantitative estimate of drug-likeness (QED) is 0.821. The van der Waals surface area contributed by atoms with Crippen LogP contribution in [0.15, 0.2) is 24.4 Å². The SMILES string of the molecule is CCc1ccc(OC)c(-c2[nH]ncc2C=O)c1. The molecule has 0 atom stereocenters. The molecule has 0 radical (unpaired) electrons. The third-order valence-electron chi connectivity index (χ3n) is 2.74. The number of methoxy groups -OCH3 is 1. The number of ether oxygens (including phenoxy) is 1. The highest BCUT2D eigenvalue weighted by atomic mass is 16.5. The Labute approximate surface area is 99.6 Å². The van der Waals surface area contributed by atoms with Crippen LogP contribution in [-0.4, -0.2) is 23.6 Å². The Bertz CT molecular complexity index is 532. The lowest BCUT2D eigenvalue weighted by Gasteiger charge is -2.09. The number of aryl methyl sites for hydroxylation is 1. The minimum Gasteiger partial charge on any atom is -0.496 e. The smallest absolute Gasteiger partial charge is 0.153 e. The molecule has 1 aromatic heterocycles. The van der Waals surface area contributed by atoms with Gasteiger partial charge in [0.25, 0.3) is 0 Å². The highest BCUT2D eigenvalue weighted by Gasteiger charge is 2.12. The monoisotopic (exact) mass is 230 g/mol. The van der Waals surface area contributed by atoms with Crippen LogP contribution in [0, 0.1) is 0 Å². The van der Waals surface area contributed by atoms with E-state index in [1.165, 1.54) is 11.8 Å². The first-order valence-corrected chi connectivity index (χ1v) is 5.46. The zero-order chi connectivity index (χ0) is 12.3. The zero-order valence-electron chi connectivity index (χ0n) is 9.86. The fourth-order valence-electron chi connectivity index (χ4n) is 1.77. The van der Waals surface area contributed by atoms with E-state index in [4.69, 9.17) is 4.74 Å². The van der Waals surface area contributed by atoms with E-state index < -0.39 is 0 Å². The van der Waals surface area contributed by atoms with Crippen molar-refractivity contribution < 1.29 is 9.53 Å². The van der Waals surface area contributed by atoms with Crippen molar-refractivity contribution in [1.29, 1.82) is 0 Å². The molecular weight excluding hydrogens is 216 g/mol. The van der Waals surface area contributed by atoms with Crippen LogP contribution in [0.2, 0.25) is 0 Å². The number of carbonyl (C=O) groups excluding carboxylic acids is 1. The number of aromatic amines is 1. The van der Waals surface area contributed by atoms with E-state index >= 15 is 0 Å². The number of nitrogens with one attached hydrogen (secondary N) is 1. The second kappa shape index (κ2) is 4.82. The number of carbonyl (C=O) groups is 1. The van der Waals surface area contributed by atoms with Gasteiger partial charge in [-0.1, -0.05) is 13.0 Å². The Morgan fingerprint density at radius 2 is 2.29 bits per heavy atom. The van der Waals surface area contributed by atoms with Gasteiger partial charge in [0.05, 0.1) is 24.6 Å². The molecule has 0 aliphatic rings. The Kier molecular flexibility index (Phi) is 3.23. The summed E-state index contributed by atoms with van der Waals surface area (Å²) >= 11 is 0.